The molecule has 1 aliphatic rings. The van der Waals surface area contributed by atoms with E-state index in [0.29, 0.717) is 12.2 Å². The van der Waals surface area contributed by atoms with Gasteiger partial charge in [-0.3, -0.25) is 4.79 Å². The van der Waals surface area contributed by atoms with Gasteiger partial charge in [0.15, 0.2) is 11.5 Å². The lowest BCUT2D eigenvalue weighted by molar-refractivity contribution is -0.137. The Morgan fingerprint density at radius 2 is 1.97 bits per heavy atom. The molecule has 0 radical (unpaired) electrons. The fraction of sp³-hybridized carbons (Fsp3) is 0.364. The molecule has 0 aromatic heterocycles. The molecule has 0 saturated heterocycles. The second-order valence-corrected chi connectivity index (χ2v) is 7.63. The molecule has 4 nitrogen and oxygen atoms in total. The molecule has 1 N–H and O–H groups in total. The molecule has 0 bridgehead atoms. The summed E-state index contributed by atoms with van der Waals surface area (Å²) in [6.07, 6.45) is -3.60. The molecule has 158 valence electrons. The number of fused-ring (bicyclic) bond motifs is 1. The van der Waals surface area contributed by atoms with E-state index in [1.165, 1.54) is 25.1 Å². The fourth-order valence-electron chi connectivity index (χ4n) is 3.64. The number of rotatable bonds is 5. The van der Waals surface area contributed by atoms with Crippen LogP contribution in [0.5, 0.6) is 0 Å². The summed E-state index contributed by atoms with van der Waals surface area (Å²) in [5.41, 5.74) is -1.92. The maximum absolute atomic E-state index is 13.7. The number of carbonyl (C=O) groups excluding carboxylic acids is 1. The van der Waals surface area contributed by atoms with Crippen molar-refractivity contribution in [3.8, 4) is 0 Å². The number of ketones is 1. The Labute approximate surface area is 171 Å². The molecule has 0 unspecified atom stereocenters. The van der Waals surface area contributed by atoms with Crippen LogP contribution >= 0.6 is 0 Å². The van der Waals surface area contributed by atoms with Crippen molar-refractivity contribution < 1.29 is 27.5 Å². The van der Waals surface area contributed by atoms with E-state index in [9.17, 15) is 27.5 Å². The Kier molecular flexibility index (Phi) is 5.86. The van der Waals surface area contributed by atoms with Crippen molar-refractivity contribution in [3.63, 3.8) is 0 Å². The van der Waals surface area contributed by atoms with Crippen LogP contribution in [0, 0.1) is 12.4 Å². The van der Waals surface area contributed by atoms with Crippen LogP contribution < -0.4 is 4.90 Å². The molecule has 3 rings (SSSR count). The number of aryl methyl sites for hydroxylation is 1. The molecule has 30 heavy (non-hydrogen) atoms. The maximum atomic E-state index is 13.7. The molecular weight excluding hydrogens is 400 g/mol. The van der Waals surface area contributed by atoms with Crippen molar-refractivity contribution in [2.24, 2.45) is 0 Å². The number of benzene rings is 2. The Bertz CT molecular complexity index is 1010. The van der Waals surface area contributed by atoms with Gasteiger partial charge in [0.05, 0.1) is 18.7 Å². The highest BCUT2D eigenvalue weighted by atomic mass is 19.4. The second-order valence-electron chi connectivity index (χ2n) is 7.63. The first-order valence-corrected chi connectivity index (χ1v) is 9.38. The van der Waals surface area contributed by atoms with Crippen LogP contribution in [0.25, 0.3) is 4.85 Å². The number of nitrogens with zero attached hydrogens (tertiary/aromatic N) is 2. The number of hydrogen-bond donors (Lipinski definition) is 1. The highest BCUT2D eigenvalue weighted by Gasteiger charge is 2.36. The second kappa shape index (κ2) is 8.07. The van der Waals surface area contributed by atoms with Crippen molar-refractivity contribution in [2.75, 3.05) is 18.0 Å². The van der Waals surface area contributed by atoms with Crippen LogP contribution in [0.2, 0.25) is 0 Å². The van der Waals surface area contributed by atoms with Gasteiger partial charge in [-0.2, -0.15) is 13.2 Å². The third-order valence-corrected chi connectivity index (χ3v) is 5.21. The minimum Gasteiger partial charge on any atom is -0.380 e. The molecule has 1 atom stereocenters. The average molecular weight is 420 g/mol. The zero-order valence-corrected chi connectivity index (χ0v) is 16.3. The predicted octanol–water partition coefficient (Wildman–Crippen LogP) is 4.71. The highest BCUT2D eigenvalue weighted by molar-refractivity contribution is 5.89. The third-order valence-electron chi connectivity index (χ3n) is 5.21. The SMILES string of the molecule is [C-]#[N+]c1ccc(CC(=O)[C@@](C)(O)CN2CCCc3ccc(F)cc32)cc1C(F)(F)F. The average Bonchev–Trinajstić information content (AvgIpc) is 2.67. The fourth-order valence-corrected chi connectivity index (χ4v) is 3.64. The van der Waals surface area contributed by atoms with Crippen molar-refractivity contribution in [1.82, 2.24) is 0 Å². The van der Waals surface area contributed by atoms with Gasteiger partial charge in [0.2, 0.25) is 0 Å². The Hall–Kier alpha value is -2.92. The van der Waals surface area contributed by atoms with Gasteiger partial charge in [0.1, 0.15) is 11.4 Å². The number of carbonyl (C=O) groups is 1. The number of aliphatic hydroxyl groups is 1. The Morgan fingerprint density at radius 1 is 1.23 bits per heavy atom. The molecule has 2 aromatic rings. The lowest BCUT2D eigenvalue weighted by Crippen LogP contribution is -2.49. The summed E-state index contributed by atoms with van der Waals surface area (Å²) in [5, 5.41) is 10.8. The van der Waals surface area contributed by atoms with E-state index in [-0.39, 0.29) is 12.1 Å². The number of alkyl halides is 3. The third kappa shape index (κ3) is 4.62. The van der Waals surface area contributed by atoms with Gasteiger partial charge in [0.25, 0.3) is 0 Å². The van der Waals surface area contributed by atoms with E-state index in [0.717, 1.165) is 30.5 Å². The molecule has 0 fully saturated rings. The molecule has 0 amide bonds. The molecule has 8 heteroatoms. The minimum atomic E-state index is -4.72. The van der Waals surface area contributed by atoms with Crippen LogP contribution in [0.1, 0.15) is 30.0 Å². The van der Waals surface area contributed by atoms with Gasteiger partial charge < -0.3 is 10.0 Å². The number of β-amino-alcohol motifs (C(OH)–C–C–N with tert-alkyl or cyclic N) is 1. The number of halogens is 4. The molecule has 0 spiro atoms. The van der Waals surface area contributed by atoms with Crippen LogP contribution in [-0.2, 0) is 23.8 Å². The van der Waals surface area contributed by atoms with Gasteiger partial charge in [-0.15, -0.1) is 0 Å². The molecule has 0 saturated carbocycles. The van der Waals surface area contributed by atoms with Crippen molar-refractivity contribution in [2.45, 2.75) is 38.0 Å². The molecule has 2 aromatic carbocycles. The van der Waals surface area contributed by atoms with Gasteiger partial charge in [-0.05, 0) is 43.0 Å². The molecule has 1 heterocycles. The van der Waals surface area contributed by atoms with E-state index in [1.54, 1.807) is 11.0 Å². The molecule has 1 aliphatic heterocycles. The van der Waals surface area contributed by atoms with Crippen LogP contribution in [-0.4, -0.2) is 29.6 Å². The molecular formula is C22H20F4N2O2. The quantitative estimate of drug-likeness (QED) is 0.563. The Balaban J connectivity index is 1.79. The summed E-state index contributed by atoms with van der Waals surface area (Å²) in [6, 6.07) is 7.46. The van der Waals surface area contributed by atoms with E-state index in [2.05, 4.69) is 4.85 Å². The largest absolute Gasteiger partial charge is 0.407 e. The summed E-state index contributed by atoms with van der Waals surface area (Å²) >= 11 is 0. The van der Waals surface area contributed by atoms with E-state index >= 15 is 0 Å². The van der Waals surface area contributed by atoms with Crippen molar-refractivity contribution in [3.05, 3.63) is 70.3 Å². The summed E-state index contributed by atoms with van der Waals surface area (Å²) in [6.45, 7) is 8.61. The minimum absolute atomic E-state index is 0.0603. The first-order chi connectivity index (χ1) is 14.0. The lowest BCUT2D eigenvalue weighted by atomic mass is 9.92. The lowest BCUT2D eigenvalue weighted by Gasteiger charge is -2.36. The first kappa shape index (κ1) is 21.8. The molecule has 0 aliphatic carbocycles. The zero-order chi connectivity index (χ0) is 22.1. The number of anilines is 1. The van der Waals surface area contributed by atoms with Gasteiger partial charge in [-0.25, -0.2) is 9.24 Å². The number of hydrogen-bond acceptors (Lipinski definition) is 3. The van der Waals surface area contributed by atoms with Crippen molar-refractivity contribution >= 4 is 17.2 Å². The first-order valence-electron chi connectivity index (χ1n) is 9.38. The summed E-state index contributed by atoms with van der Waals surface area (Å²) < 4.78 is 53.1. The van der Waals surface area contributed by atoms with Crippen LogP contribution in [0.15, 0.2) is 36.4 Å². The zero-order valence-electron chi connectivity index (χ0n) is 16.3. The highest BCUT2D eigenvalue weighted by Crippen LogP contribution is 2.37. The van der Waals surface area contributed by atoms with E-state index < -0.39 is 41.0 Å². The monoisotopic (exact) mass is 420 g/mol. The predicted molar refractivity (Wildman–Crippen MR) is 104 cm³/mol. The van der Waals surface area contributed by atoms with E-state index in [1.807, 2.05) is 0 Å². The summed E-state index contributed by atoms with van der Waals surface area (Å²) in [5.74, 6) is -1.08. The normalized spacial score (nSPS) is 15.8. The van der Waals surface area contributed by atoms with Crippen LogP contribution in [0.3, 0.4) is 0 Å². The number of Topliss-reactive ketones (excluding diaryl/α,β-unsaturated/α-hetero) is 1. The smallest absolute Gasteiger partial charge is 0.380 e. The van der Waals surface area contributed by atoms with E-state index in [4.69, 9.17) is 6.57 Å². The maximum Gasteiger partial charge on any atom is 0.407 e. The Morgan fingerprint density at radius 3 is 2.63 bits per heavy atom. The van der Waals surface area contributed by atoms with Gasteiger partial charge in [0, 0.05) is 18.7 Å². The van der Waals surface area contributed by atoms with Gasteiger partial charge in [-0.1, -0.05) is 24.3 Å². The summed E-state index contributed by atoms with van der Waals surface area (Å²) in [4.78, 5) is 17.3. The van der Waals surface area contributed by atoms with Crippen molar-refractivity contribution in [1.29, 1.82) is 0 Å². The van der Waals surface area contributed by atoms with Crippen LogP contribution in [0.4, 0.5) is 28.9 Å². The standard InChI is InChI=1S/C22H20F4N2O2/c1-21(30,13-28-9-3-4-15-6-7-16(23)12-19(15)28)20(29)11-14-5-8-18(27-2)17(10-14)22(24,25)26/h5-8,10,12,30H,3-4,9,11,13H2,1H3/t21-/m0/s1. The topological polar surface area (TPSA) is 44.9 Å². The summed E-state index contributed by atoms with van der Waals surface area (Å²) in [7, 11) is 0. The van der Waals surface area contributed by atoms with Gasteiger partial charge >= 0.3 is 6.18 Å².